The molecule has 6 nitrogen and oxygen atoms in total. The largest absolute Gasteiger partial charge is 0.481 e. The molecular weight excluding hydrogens is 235 g/mol. The minimum atomic E-state index is -5.14. The van der Waals surface area contributed by atoms with E-state index in [0.717, 1.165) is 0 Å². The normalized spacial score (nSPS) is 17.6. The SMILES string of the molecule is N[C@H](C[C@H](C(=O)O)[C@H](O)C(F)(F)F)C(=O)O. The van der Waals surface area contributed by atoms with Crippen LogP contribution in [0.4, 0.5) is 13.2 Å². The Morgan fingerprint density at radius 3 is 1.88 bits per heavy atom. The molecular formula is C7H10F3NO5. The third-order valence-electron chi connectivity index (χ3n) is 1.86. The second-order valence-electron chi connectivity index (χ2n) is 3.11. The van der Waals surface area contributed by atoms with Gasteiger partial charge in [-0.05, 0) is 6.42 Å². The second-order valence-corrected chi connectivity index (χ2v) is 3.11. The Morgan fingerprint density at radius 1 is 1.19 bits per heavy atom. The standard InChI is InChI=1S/C7H10F3NO5/c8-7(9,10)4(12)2(5(13)14)1-3(11)6(15)16/h2-4,12H,1,11H2,(H,13,14)(H,15,16)/t2-,3+,4-/m0/s1. The molecule has 94 valence electrons. The van der Waals surface area contributed by atoms with Crippen LogP contribution in [-0.2, 0) is 9.59 Å². The van der Waals surface area contributed by atoms with Gasteiger partial charge in [0.1, 0.15) is 6.04 Å². The van der Waals surface area contributed by atoms with Crippen molar-refractivity contribution in [1.29, 1.82) is 0 Å². The van der Waals surface area contributed by atoms with Gasteiger partial charge in [0.05, 0.1) is 5.92 Å². The quantitative estimate of drug-likeness (QED) is 0.513. The van der Waals surface area contributed by atoms with Crippen LogP contribution in [0.25, 0.3) is 0 Å². The molecule has 3 atom stereocenters. The maximum Gasteiger partial charge on any atom is 0.415 e. The van der Waals surface area contributed by atoms with Crippen LogP contribution in [-0.4, -0.2) is 45.6 Å². The van der Waals surface area contributed by atoms with Crippen molar-refractivity contribution in [3.05, 3.63) is 0 Å². The molecule has 0 radical (unpaired) electrons. The Bertz CT molecular complexity index is 280. The average molecular weight is 245 g/mol. The molecule has 0 saturated carbocycles. The molecule has 0 aliphatic rings. The third-order valence-corrected chi connectivity index (χ3v) is 1.86. The molecule has 0 bridgehead atoms. The molecule has 5 N–H and O–H groups in total. The van der Waals surface area contributed by atoms with E-state index in [2.05, 4.69) is 0 Å². The summed E-state index contributed by atoms with van der Waals surface area (Å²) in [5, 5.41) is 25.4. The number of carbonyl (C=O) groups is 2. The van der Waals surface area contributed by atoms with Crippen molar-refractivity contribution in [2.45, 2.75) is 24.7 Å². The predicted molar refractivity (Wildman–Crippen MR) is 43.4 cm³/mol. The lowest BCUT2D eigenvalue weighted by Gasteiger charge is -2.22. The smallest absolute Gasteiger partial charge is 0.415 e. The summed E-state index contributed by atoms with van der Waals surface area (Å²) in [6.07, 6.45) is -9.29. The van der Waals surface area contributed by atoms with Gasteiger partial charge in [-0.1, -0.05) is 0 Å². The highest BCUT2D eigenvalue weighted by Crippen LogP contribution is 2.28. The second kappa shape index (κ2) is 5.12. The minimum absolute atomic E-state index is 1.01. The molecule has 0 aromatic rings. The van der Waals surface area contributed by atoms with Crippen molar-refractivity contribution in [2.24, 2.45) is 11.7 Å². The Labute approximate surface area is 87.5 Å². The first-order valence-corrected chi connectivity index (χ1v) is 4.03. The summed E-state index contributed by atoms with van der Waals surface area (Å²) in [6.45, 7) is 0. The molecule has 0 saturated heterocycles. The Hall–Kier alpha value is -1.35. The van der Waals surface area contributed by atoms with E-state index in [1.807, 2.05) is 0 Å². The Kier molecular flexibility index (Phi) is 4.69. The zero-order valence-electron chi connectivity index (χ0n) is 7.81. The molecule has 0 fully saturated rings. The predicted octanol–water partition coefficient (Wildman–Crippen LogP) is -0.588. The number of nitrogens with two attached hydrogens (primary N) is 1. The number of hydrogen-bond acceptors (Lipinski definition) is 4. The van der Waals surface area contributed by atoms with Gasteiger partial charge in [-0.3, -0.25) is 9.59 Å². The number of carboxylic acid groups (broad SMARTS) is 2. The first-order chi connectivity index (χ1) is 7.07. The van der Waals surface area contributed by atoms with Gasteiger partial charge in [-0.2, -0.15) is 13.2 Å². The van der Waals surface area contributed by atoms with Crippen LogP contribution < -0.4 is 5.73 Å². The number of aliphatic carboxylic acids is 2. The first kappa shape index (κ1) is 14.6. The lowest BCUT2D eigenvalue weighted by Crippen LogP contribution is -2.44. The van der Waals surface area contributed by atoms with Gasteiger partial charge in [0.15, 0.2) is 6.10 Å². The van der Waals surface area contributed by atoms with Gasteiger partial charge >= 0.3 is 18.1 Å². The van der Waals surface area contributed by atoms with Crippen molar-refractivity contribution in [1.82, 2.24) is 0 Å². The summed E-state index contributed by atoms with van der Waals surface area (Å²) >= 11 is 0. The van der Waals surface area contributed by atoms with Crippen LogP contribution in [0.3, 0.4) is 0 Å². The van der Waals surface area contributed by atoms with E-state index in [-0.39, 0.29) is 0 Å². The van der Waals surface area contributed by atoms with Crippen molar-refractivity contribution in [3.63, 3.8) is 0 Å². The maximum absolute atomic E-state index is 12.0. The fourth-order valence-corrected chi connectivity index (χ4v) is 0.967. The Morgan fingerprint density at radius 2 is 1.62 bits per heavy atom. The van der Waals surface area contributed by atoms with Crippen LogP contribution in [0.1, 0.15) is 6.42 Å². The topological polar surface area (TPSA) is 121 Å². The van der Waals surface area contributed by atoms with Crippen LogP contribution in [0, 0.1) is 5.92 Å². The summed E-state index contributed by atoms with van der Waals surface area (Å²) in [5.74, 6) is -5.90. The highest BCUT2D eigenvalue weighted by atomic mass is 19.4. The van der Waals surface area contributed by atoms with Crippen molar-refractivity contribution in [2.75, 3.05) is 0 Å². The summed E-state index contributed by atoms with van der Waals surface area (Å²) in [7, 11) is 0. The fraction of sp³-hybridized carbons (Fsp3) is 0.714. The van der Waals surface area contributed by atoms with E-state index < -0.39 is 42.6 Å². The zero-order valence-corrected chi connectivity index (χ0v) is 7.81. The lowest BCUT2D eigenvalue weighted by atomic mass is 9.94. The van der Waals surface area contributed by atoms with E-state index in [1.54, 1.807) is 0 Å². The van der Waals surface area contributed by atoms with Gasteiger partial charge in [0, 0.05) is 0 Å². The highest BCUT2D eigenvalue weighted by molar-refractivity contribution is 5.76. The maximum atomic E-state index is 12.0. The van der Waals surface area contributed by atoms with Gasteiger partial charge < -0.3 is 21.1 Å². The summed E-state index contributed by atoms with van der Waals surface area (Å²) in [5.41, 5.74) is 4.89. The molecule has 0 aromatic carbocycles. The van der Waals surface area contributed by atoms with Crippen LogP contribution in [0.5, 0.6) is 0 Å². The molecule has 16 heavy (non-hydrogen) atoms. The zero-order chi connectivity index (χ0) is 13.1. The molecule has 0 unspecified atom stereocenters. The number of halogens is 3. The summed E-state index contributed by atoms with van der Waals surface area (Å²) < 4.78 is 36.0. The van der Waals surface area contributed by atoms with Crippen LogP contribution in [0.2, 0.25) is 0 Å². The first-order valence-electron chi connectivity index (χ1n) is 4.03. The van der Waals surface area contributed by atoms with Crippen LogP contribution in [0.15, 0.2) is 0 Å². The molecule has 0 rings (SSSR count). The molecule has 0 heterocycles. The monoisotopic (exact) mass is 245 g/mol. The van der Waals surface area contributed by atoms with Gasteiger partial charge in [0.25, 0.3) is 0 Å². The number of alkyl halides is 3. The number of hydrogen-bond donors (Lipinski definition) is 4. The van der Waals surface area contributed by atoms with E-state index in [0.29, 0.717) is 0 Å². The molecule has 9 heteroatoms. The number of aliphatic hydroxyl groups excluding tert-OH is 1. The summed E-state index contributed by atoms with van der Waals surface area (Å²) in [4.78, 5) is 20.7. The average Bonchev–Trinajstić information content (AvgIpc) is 2.10. The minimum Gasteiger partial charge on any atom is -0.481 e. The van der Waals surface area contributed by atoms with Gasteiger partial charge in [-0.25, -0.2) is 0 Å². The Balaban J connectivity index is 4.76. The lowest BCUT2D eigenvalue weighted by molar-refractivity contribution is -0.223. The molecule has 0 amide bonds. The summed E-state index contributed by atoms with van der Waals surface area (Å²) in [6, 6.07) is -1.78. The van der Waals surface area contributed by atoms with E-state index in [1.165, 1.54) is 0 Å². The molecule has 0 aliphatic carbocycles. The van der Waals surface area contributed by atoms with Gasteiger partial charge in [0.2, 0.25) is 0 Å². The third kappa shape index (κ3) is 4.03. The number of rotatable bonds is 5. The number of aliphatic hydroxyl groups is 1. The molecule has 0 aromatic heterocycles. The van der Waals surface area contributed by atoms with Gasteiger partial charge in [-0.15, -0.1) is 0 Å². The highest BCUT2D eigenvalue weighted by Gasteiger charge is 2.47. The molecule has 0 spiro atoms. The number of carboxylic acids is 2. The fourth-order valence-electron chi connectivity index (χ4n) is 0.967. The van der Waals surface area contributed by atoms with E-state index in [9.17, 15) is 22.8 Å². The van der Waals surface area contributed by atoms with Crippen molar-refractivity contribution in [3.8, 4) is 0 Å². The van der Waals surface area contributed by atoms with Crippen molar-refractivity contribution < 1.29 is 38.1 Å². The van der Waals surface area contributed by atoms with Crippen LogP contribution >= 0.6 is 0 Å². The van der Waals surface area contributed by atoms with Crippen molar-refractivity contribution >= 4 is 11.9 Å². The van der Waals surface area contributed by atoms with E-state index in [4.69, 9.17) is 21.1 Å². The van der Waals surface area contributed by atoms with E-state index >= 15 is 0 Å². The molecule has 0 aliphatic heterocycles.